The topological polar surface area (TPSA) is 73.9 Å². The van der Waals surface area contributed by atoms with E-state index in [1.165, 1.54) is 12.8 Å². The van der Waals surface area contributed by atoms with E-state index < -0.39 is 0 Å². The van der Waals surface area contributed by atoms with E-state index in [1.807, 2.05) is 24.3 Å². The second-order valence-corrected chi connectivity index (χ2v) is 7.66. The van der Waals surface area contributed by atoms with Crippen LogP contribution in [0.3, 0.4) is 0 Å². The highest BCUT2D eigenvalue weighted by Gasteiger charge is 2.22. The highest BCUT2D eigenvalue weighted by Crippen LogP contribution is 2.18. The average molecular weight is 374 g/mol. The Labute approximate surface area is 161 Å². The summed E-state index contributed by atoms with van der Waals surface area (Å²) in [5.41, 5.74) is 1.68. The van der Waals surface area contributed by atoms with Crippen LogP contribution in [0.1, 0.15) is 32.3 Å². The van der Waals surface area contributed by atoms with Gasteiger partial charge in [0, 0.05) is 31.4 Å². The highest BCUT2D eigenvalue weighted by molar-refractivity contribution is 5.89. The van der Waals surface area contributed by atoms with Gasteiger partial charge in [-0.05, 0) is 49.9 Å². The highest BCUT2D eigenvalue weighted by atomic mass is 16.6. The zero-order valence-electron chi connectivity index (χ0n) is 16.2. The van der Waals surface area contributed by atoms with E-state index in [-0.39, 0.29) is 12.1 Å². The number of hydrogen-bond acceptors (Lipinski definition) is 4. The molecule has 0 unspecified atom stereocenters. The van der Waals surface area contributed by atoms with E-state index in [2.05, 4.69) is 29.4 Å². The summed E-state index contributed by atoms with van der Waals surface area (Å²) in [6.07, 6.45) is 2.24. The van der Waals surface area contributed by atoms with Gasteiger partial charge in [-0.15, -0.1) is 0 Å². The first kappa shape index (κ1) is 19.5. The second-order valence-electron chi connectivity index (χ2n) is 7.66. The molecule has 3 amide bonds. The number of nitrogens with one attached hydrogen (secondary N) is 2. The van der Waals surface area contributed by atoms with Crippen LogP contribution < -0.4 is 10.6 Å². The molecule has 2 fully saturated rings. The van der Waals surface area contributed by atoms with E-state index in [1.54, 1.807) is 4.90 Å². The number of ether oxygens (including phenoxy) is 1. The van der Waals surface area contributed by atoms with Gasteiger partial charge in [0.25, 0.3) is 0 Å². The maximum Gasteiger partial charge on any atom is 0.410 e. The maximum atomic E-state index is 12.2. The molecule has 0 radical (unpaired) electrons. The molecule has 27 heavy (non-hydrogen) atoms. The van der Waals surface area contributed by atoms with Crippen molar-refractivity contribution in [1.29, 1.82) is 0 Å². The first-order valence-electron chi connectivity index (χ1n) is 9.81. The first-order chi connectivity index (χ1) is 13.0. The minimum atomic E-state index is -0.285. The molecule has 0 spiro atoms. The molecular weight excluding hydrogens is 344 g/mol. The lowest BCUT2D eigenvalue weighted by Crippen LogP contribution is -2.47. The average Bonchev–Trinajstić information content (AvgIpc) is 3.04. The number of piperidine rings is 1. The smallest absolute Gasteiger partial charge is 0.410 e. The van der Waals surface area contributed by atoms with Gasteiger partial charge in [-0.25, -0.2) is 9.59 Å². The van der Waals surface area contributed by atoms with Crippen molar-refractivity contribution in [2.45, 2.75) is 39.3 Å². The van der Waals surface area contributed by atoms with Crippen molar-refractivity contribution in [3.05, 3.63) is 29.8 Å². The third-order valence-corrected chi connectivity index (χ3v) is 5.27. The molecule has 148 valence electrons. The van der Waals surface area contributed by atoms with Crippen molar-refractivity contribution < 1.29 is 14.3 Å². The van der Waals surface area contributed by atoms with Crippen LogP contribution in [0.2, 0.25) is 0 Å². The Hall–Kier alpha value is -2.28. The largest absolute Gasteiger partial charge is 0.448 e. The Morgan fingerprint density at radius 1 is 1.37 bits per heavy atom. The molecule has 0 aliphatic carbocycles. The molecule has 7 heteroatoms. The fourth-order valence-corrected chi connectivity index (χ4v) is 3.71. The molecule has 2 N–H and O–H groups in total. The summed E-state index contributed by atoms with van der Waals surface area (Å²) in [7, 11) is 0. The number of hydrogen-bond donors (Lipinski definition) is 2. The summed E-state index contributed by atoms with van der Waals surface area (Å²) in [6.45, 7) is 8.80. The number of rotatable bonds is 6. The minimum Gasteiger partial charge on any atom is -0.448 e. The predicted molar refractivity (Wildman–Crippen MR) is 105 cm³/mol. The Bertz CT molecular complexity index is 666. The number of likely N-dealkylation sites (tertiary alicyclic amines) is 1. The number of amides is 3. The Kier molecular flexibility index (Phi) is 6.55. The molecule has 1 aromatic carbocycles. The van der Waals surface area contributed by atoms with Gasteiger partial charge in [-0.3, -0.25) is 4.90 Å². The molecule has 2 atom stereocenters. The van der Waals surface area contributed by atoms with Gasteiger partial charge >= 0.3 is 12.1 Å². The van der Waals surface area contributed by atoms with Crippen molar-refractivity contribution in [2.24, 2.45) is 5.92 Å². The van der Waals surface area contributed by atoms with Gasteiger partial charge in [-0.1, -0.05) is 19.1 Å². The number of urea groups is 1. The third kappa shape index (κ3) is 5.60. The molecule has 0 aromatic heterocycles. The summed E-state index contributed by atoms with van der Waals surface area (Å²) in [5, 5.41) is 5.85. The molecule has 1 aromatic rings. The van der Waals surface area contributed by atoms with Crippen molar-refractivity contribution in [3.8, 4) is 0 Å². The Balaban J connectivity index is 1.46. The van der Waals surface area contributed by atoms with Crippen LogP contribution in [0, 0.1) is 5.92 Å². The van der Waals surface area contributed by atoms with Gasteiger partial charge in [-0.2, -0.15) is 0 Å². The number of carbonyl (C=O) groups excluding carboxylic acids is 2. The molecule has 2 heterocycles. The molecule has 3 rings (SSSR count). The molecule has 0 saturated carbocycles. The summed E-state index contributed by atoms with van der Waals surface area (Å²) < 4.78 is 4.95. The molecule has 0 bridgehead atoms. The SMILES string of the molecule is C[C@@H]1CCCN([C@@H](C)CNC(=O)Nc2cccc(CN3CCOC3=O)c2)C1. The lowest BCUT2D eigenvalue weighted by molar-refractivity contribution is 0.138. The van der Waals surface area contributed by atoms with E-state index >= 15 is 0 Å². The number of benzene rings is 1. The van der Waals surface area contributed by atoms with Crippen LogP contribution in [-0.2, 0) is 11.3 Å². The summed E-state index contributed by atoms with van der Waals surface area (Å²) in [6, 6.07) is 7.68. The van der Waals surface area contributed by atoms with Gasteiger partial charge in [0.2, 0.25) is 0 Å². The van der Waals surface area contributed by atoms with E-state index in [9.17, 15) is 9.59 Å². The monoisotopic (exact) mass is 374 g/mol. The van der Waals surface area contributed by atoms with Crippen molar-refractivity contribution >= 4 is 17.8 Å². The summed E-state index contributed by atoms with van der Waals surface area (Å²) >= 11 is 0. The molecule has 2 aliphatic heterocycles. The van der Waals surface area contributed by atoms with Gasteiger partial charge in [0.05, 0.1) is 6.54 Å². The normalized spacial score (nSPS) is 21.6. The van der Waals surface area contributed by atoms with E-state index in [0.717, 1.165) is 30.3 Å². The second kappa shape index (κ2) is 9.08. The van der Waals surface area contributed by atoms with Crippen molar-refractivity contribution in [3.63, 3.8) is 0 Å². The number of carbonyl (C=O) groups is 2. The summed E-state index contributed by atoms with van der Waals surface area (Å²) in [4.78, 5) is 27.9. The Morgan fingerprint density at radius 2 is 2.22 bits per heavy atom. The van der Waals surface area contributed by atoms with E-state index in [0.29, 0.717) is 32.3 Å². The molecular formula is C20H30N4O3. The lowest BCUT2D eigenvalue weighted by atomic mass is 9.99. The fourth-order valence-electron chi connectivity index (χ4n) is 3.71. The number of cyclic esters (lactones) is 1. The van der Waals surface area contributed by atoms with Gasteiger partial charge in [0.15, 0.2) is 0 Å². The van der Waals surface area contributed by atoms with Crippen LogP contribution in [0.5, 0.6) is 0 Å². The first-order valence-corrected chi connectivity index (χ1v) is 9.81. The van der Waals surface area contributed by atoms with Crippen molar-refractivity contribution in [2.75, 3.05) is 38.1 Å². The Morgan fingerprint density at radius 3 is 2.96 bits per heavy atom. The molecule has 2 aliphatic rings. The van der Waals surface area contributed by atoms with Crippen LogP contribution in [0.25, 0.3) is 0 Å². The molecule has 7 nitrogen and oxygen atoms in total. The zero-order valence-corrected chi connectivity index (χ0v) is 16.2. The van der Waals surface area contributed by atoms with Gasteiger partial charge < -0.3 is 20.3 Å². The number of nitrogens with zero attached hydrogens (tertiary/aromatic N) is 2. The standard InChI is InChI=1S/C20H30N4O3/c1-15-5-4-8-23(13-15)16(2)12-21-19(25)22-18-7-3-6-17(11-18)14-24-9-10-27-20(24)26/h3,6-7,11,15-16H,4-5,8-10,12-14H2,1-2H3,(H2,21,22,25)/t15-,16+/m1/s1. The van der Waals surface area contributed by atoms with Crippen molar-refractivity contribution in [1.82, 2.24) is 15.1 Å². The predicted octanol–water partition coefficient (Wildman–Crippen LogP) is 2.88. The maximum absolute atomic E-state index is 12.2. The minimum absolute atomic E-state index is 0.204. The fraction of sp³-hybridized carbons (Fsp3) is 0.600. The third-order valence-electron chi connectivity index (χ3n) is 5.27. The van der Waals surface area contributed by atoms with Gasteiger partial charge in [0.1, 0.15) is 6.61 Å². The molecule has 2 saturated heterocycles. The van der Waals surface area contributed by atoms with Crippen LogP contribution in [-0.4, -0.2) is 60.8 Å². The number of anilines is 1. The zero-order chi connectivity index (χ0) is 19.2. The van der Waals surface area contributed by atoms with E-state index in [4.69, 9.17) is 4.74 Å². The summed E-state index contributed by atoms with van der Waals surface area (Å²) in [5.74, 6) is 0.727. The van der Waals surface area contributed by atoms with Crippen LogP contribution in [0.15, 0.2) is 24.3 Å². The quantitative estimate of drug-likeness (QED) is 0.803. The van der Waals surface area contributed by atoms with Crippen LogP contribution >= 0.6 is 0 Å². The lowest BCUT2D eigenvalue weighted by Gasteiger charge is -2.35. The van der Waals surface area contributed by atoms with Crippen LogP contribution in [0.4, 0.5) is 15.3 Å².